The van der Waals surface area contributed by atoms with E-state index in [1.165, 1.54) is 30.4 Å². The Labute approximate surface area is 345 Å². The number of anilines is 4. The number of carbonyl (C=O) groups is 1. The number of carboxylic acid groups (broad SMARTS) is 1. The molecule has 58 heavy (non-hydrogen) atoms. The summed E-state index contributed by atoms with van der Waals surface area (Å²) in [4.78, 5) is 26.5. The van der Waals surface area contributed by atoms with Crippen molar-refractivity contribution in [1.29, 1.82) is 5.41 Å². The van der Waals surface area contributed by atoms with Crippen LogP contribution >= 0.6 is 11.3 Å². The summed E-state index contributed by atoms with van der Waals surface area (Å²) < 4.78 is 13.2. The van der Waals surface area contributed by atoms with Crippen LogP contribution in [0.1, 0.15) is 92.9 Å². The third-order valence-electron chi connectivity index (χ3n) is 13.1. The average Bonchev–Trinajstić information content (AvgIpc) is 3.52. The maximum Gasteiger partial charge on any atom is 0.355 e. The molecule has 5 unspecified atom stereocenters. The van der Waals surface area contributed by atoms with Gasteiger partial charge < -0.3 is 40.4 Å². The minimum atomic E-state index is -1.14. The fourth-order valence-electron chi connectivity index (χ4n) is 11.2. The molecule has 5 aliphatic rings. The lowest BCUT2D eigenvalue weighted by Crippen LogP contribution is -2.52. The van der Waals surface area contributed by atoms with E-state index in [2.05, 4.69) is 53.7 Å². The number of rotatable bonds is 14. The summed E-state index contributed by atoms with van der Waals surface area (Å²) in [6.07, 6.45) is 9.83. The van der Waals surface area contributed by atoms with E-state index in [1.54, 1.807) is 13.2 Å². The molecule has 4 heterocycles. The highest BCUT2D eigenvalue weighted by Gasteiger charge is 2.60. The van der Waals surface area contributed by atoms with Crippen LogP contribution in [-0.4, -0.2) is 95.4 Å². The van der Waals surface area contributed by atoms with Gasteiger partial charge >= 0.3 is 5.97 Å². The Morgan fingerprint density at radius 2 is 1.90 bits per heavy atom. The molecule has 5 atom stereocenters. The van der Waals surface area contributed by atoms with Gasteiger partial charge in [-0.1, -0.05) is 25.2 Å². The summed E-state index contributed by atoms with van der Waals surface area (Å²) in [5, 5.41) is 36.0. The second-order valence-corrected chi connectivity index (χ2v) is 19.3. The molecule has 0 radical (unpaired) electrons. The molecule has 0 amide bonds. The van der Waals surface area contributed by atoms with Crippen molar-refractivity contribution in [2.45, 2.75) is 84.7 Å². The van der Waals surface area contributed by atoms with Gasteiger partial charge in [0.1, 0.15) is 11.6 Å². The van der Waals surface area contributed by atoms with E-state index in [0.29, 0.717) is 52.1 Å². The second kappa shape index (κ2) is 15.5. The molecule has 9 rings (SSSR count). The van der Waals surface area contributed by atoms with Crippen molar-refractivity contribution >= 4 is 61.9 Å². The first-order valence-electron chi connectivity index (χ1n) is 20.5. The van der Waals surface area contributed by atoms with E-state index >= 15 is 0 Å². The largest absolute Gasteiger partial charge is 0.497 e. The first kappa shape index (κ1) is 40.1. The van der Waals surface area contributed by atoms with Crippen LogP contribution in [0.2, 0.25) is 0 Å². The standard InChI is InChI=1S/C44H57N9O4S/c1-26-31-9-8-14-53(39(31)51-50-38(26)49-41-47-34-17-30(56-7)10-12-35(34)58-41)36-13-11-32(37(48-36)40(54)55)33(21-45)27(2)46-22-29-19-43(4)23-42(3)18-28(29)20-44(24-42,25-43)57-16-15-52(5)6/h10-13,17,21,28-29,45-46H,8-9,14-16,18-20,22-25H2,1-7H3,(H,54,55)(H,47,49,50)/b33-27+,45-21?. The fourth-order valence-corrected chi connectivity index (χ4v) is 12.1. The van der Waals surface area contributed by atoms with E-state index in [-0.39, 0.29) is 22.1 Å². The number of hydrogen-bond donors (Lipinski definition) is 4. The lowest BCUT2D eigenvalue weighted by Gasteiger charge is -2.56. The molecule has 14 heteroatoms. The lowest BCUT2D eigenvalue weighted by molar-refractivity contribution is -0.165. The van der Waals surface area contributed by atoms with Crippen LogP contribution in [-0.2, 0) is 11.2 Å². The maximum atomic E-state index is 12.9. The molecular weight excluding hydrogens is 751 g/mol. The summed E-state index contributed by atoms with van der Waals surface area (Å²) in [5.74, 6) is 2.39. The van der Waals surface area contributed by atoms with Crippen molar-refractivity contribution < 1.29 is 19.4 Å². The zero-order valence-electron chi connectivity index (χ0n) is 34.9. The molecule has 0 spiro atoms. The third-order valence-corrected chi connectivity index (χ3v) is 14.1. The summed E-state index contributed by atoms with van der Waals surface area (Å²) in [5.41, 5.74) is 4.88. The number of allylic oxidation sites excluding steroid dienone is 2. The number of hydrogen-bond acceptors (Lipinski definition) is 13. The van der Waals surface area contributed by atoms with Crippen LogP contribution in [0.5, 0.6) is 5.75 Å². The van der Waals surface area contributed by atoms with Crippen LogP contribution in [0.3, 0.4) is 0 Å². The molecule has 4 aromatic rings. The highest BCUT2D eigenvalue weighted by Crippen LogP contribution is 2.66. The van der Waals surface area contributed by atoms with Crippen LogP contribution in [0.15, 0.2) is 36.0 Å². The van der Waals surface area contributed by atoms with Gasteiger partial charge in [0, 0.05) is 59.9 Å². The van der Waals surface area contributed by atoms with Crippen LogP contribution in [0.25, 0.3) is 15.8 Å². The number of methoxy groups -OCH3 is 1. The topological polar surface area (TPSA) is 162 Å². The number of ether oxygens (including phenoxy) is 2. The zero-order chi connectivity index (χ0) is 41.0. The molecule has 4 saturated carbocycles. The quantitative estimate of drug-likeness (QED) is 0.0905. The van der Waals surface area contributed by atoms with Gasteiger partial charge in [-0.25, -0.2) is 14.8 Å². The van der Waals surface area contributed by atoms with Gasteiger partial charge in [0.25, 0.3) is 0 Å². The van der Waals surface area contributed by atoms with Gasteiger partial charge in [-0.05, 0) is 126 Å². The van der Waals surface area contributed by atoms with Gasteiger partial charge in [0.2, 0.25) is 0 Å². The number of likely N-dealkylation sites (N-methyl/N-ethyl adjacent to an activating group) is 1. The van der Waals surface area contributed by atoms with Gasteiger partial charge in [-0.15, -0.1) is 10.2 Å². The number of benzene rings is 1. The molecule has 4 N–H and O–H groups in total. The molecule has 13 nitrogen and oxygen atoms in total. The molecule has 4 fully saturated rings. The minimum Gasteiger partial charge on any atom is -0.497 e. The lowest BCUT2D eigenvalue weighted by atomic mass is 9.53. The van der Waals surface area contributed by atoms with Gasteiger partial charge in [-0.2, -0.15) is 0 Å². The Morgan fingerprint density at radius 3 is 2.64 bits per heavy atom. The maximum absolute atomic E-state index is 12.9. The third kappa shape index (κ3) is 7.78. The Bertz CT molecular complexity index is 2280. The van der Waals surface area contributed by atoms with E-state index in [4.69, 9.17) is 24.9 Å². The molecule has 4 bridgehead atoms. The predicted octanol–water partition coefficient (Wildman–Crippen LogP) is 8.24. The molecule has 1 aromatic carbocycles. The zero-order valence-corrected chi connectivity index (χ0v) is 35.7. The molecule has 3 aromatic heterocycles. The highest BCUT2D eigenvalue weighted by molar-refractivity contribution is 7.22. The SMILES string of the molecule is COc1ccc2sc(Nc3nnc4c(c3C)CCCN4c3ccc(/C(C=N)=C(\C)NCC4CC5(C)CC6(C)CC4CC(OCCN(C)C)(C5)C6)c(C(=O)O)n3)nc2c1. The smallest absolute Gasteiger partial charge is 0.355 e. The summed E-state index contributed by atoms with van der Waals surface area (Å²) >= 11 is 1.53. The number of nitrogens with one attached hydrogen (secondary N) is 3. The molecular formula is C44H57N9O4S. The van der Waals surface area contributed by atoms with Crippen LogP contribution in [0.4, 0.5) is 22.6 Å². The van der Waals surface area contributed by atoms with Gasteiger partial charge in [0.05, 0.1) is 29.5 Å². The predicted molar refractivity (Wildman–Crippen MR) is 230 cm³/mol. The van der Waals surface area contributed by atoms with Crippen molar-refractivity contribution in [3.05, 3.63) is 58.4 Å². The van der Waals surface area contributed by atoms with Crippen molar-refractivity contribution in [2.75, 3.05) is 57.7 Å². The number of fused-ring (bicyclic) bond motifs is 3. The van der Waals surface area contributed by atoms with Gasteiger partial charge in [0.15, 0.2) is 22.5 Å². The Balaban J connectivity index is 1.01. The molecule has 1 aliphatic heterocycles. The first-order valence-corrected chi connectivity index (χ1v) is 21.4. The number of nitrogens with zero attached hydrogens (tertiary/aromatic N) is 6. The number of aromatic carboxylic acids is 1. The monoisotopic (exact) mass is 807 g/mol. The second-order valence-electron chi connectivity index (χ2n) is 18.3. The van der Waals surface area contributed by atoms with Crippen molar-refractivity contribution in [3.63, 3.8) is 0 Å². The average molecular weight is 808 g/mol. The summed E-state index contributed by atoms with van der Waals surface area (Å²) in [7, 11) is 5.84. The van der Waals surface area contributed by atoms with Crippen molar-refractivity contribution in [3.8, 4) is 5.75 Å². The minimum absolute atomic E-state index is 0.0603. The van der Waals surface area contributed by atoms with Crippen LogP contribution < -0.4 is 20.3 Å². The molecule has 308 valence electrons. The summed E-state index contributed by atoms with van der Waals surface area (Å²) in [6, 6.07) is 9.44. The van der Waals surface area contributed by atoms with Crippen molar-refractivity contribution in [1.82, 2.24) is 30.4 Å². The van der Waals surface area contributed by atoms with E-state index in [1.807, 2.05) is 43.0 Å². The van der Waals surface area contributed by atoms with Gasteiger partial charge in [-0.3, -0.25) is 0 Å². The number of pyridine rings is 1. The Hall–Kier alpha value is -4.66. The number of thiazole rings is 1. The highest BCUT2D eigenvalue weighted by atomic mass is 32.1. The molecule has 4 aliphatic carbocycles. The molecule has 0 saturated heterocycles. The van der Waals surface area contributed by atoms with E-state index < -0.39 is 5.97 Å². The van der Waals surface area contributed by atoms with E-state index in [9.17, 15) is 9.90 Å². The van der Waals surface area contributed by atoms with Crippen molar-refractivity contribution in [2.24, 2.45) is 22.7 Å². The van der Waals surface area contributed by atoms with Crippen LogP contribution in [0, 0.1) is 35.0 Å². The number of aromatic nitrogens is 4. The number of carboxylic acids is 1. The fraction of sp³-hybridized carbons (Fsp3) is 0.545. The Morgan fingerprint density at radius 1 is 1.10 bits per heavy atom. The van der Waals surface area contributed by atoms with E-state index in [0.717, 1.165) is 91.0 Å². The Kier molecular flexibility index (Phi) is 10.7. The first-order chi connectivity index (χ1) is 27.7. The normalized spacial score (nSPS) is 26.7. The summed E-state index contributed by atoms with van der Waals surface area (Å²) in [6.45, 7) is 12.0.